The van der Waals surface area contributed by atoms with Crippen LogP contribution in [0, 0.1) is 0 Å². The molecule has 1 aliphatic heterocycles. The maximum absolute atomic E-state index is 5.58. The molecular weight excluding hydrogens is 306 g/mol. The van der Waals surface area contributed by atoms with Crippen LogP contribution in [-0.2, 0) is 10.2 Å². The summed E-state index contributed by atoms with van der Waals surface area (Å²) in [5, 5.41) is 3.37. The van der Waals surface area contributed by atoms with Crippen LogP contribution in [0.2, 0.25) is 0 Å². The highest BCUT2D eigenvalue weighted by Crippen LogP contribution is 2.35. The lowest BCUT2D eigenvalue weighted by molar-refractivity contribution is 0.0543. The Morgan fingerprint density at radius 3 is 2.50 bits per heavy atom. The number of benzene rings is 1. The van der Waals surface area contributed by atoms with Gasteiger partial charge in [-0.3, -0.25) is 0 Å². The average molecular weight is 329 g/mol. The number of aromatic nitrogens is 2. The van der Waals surface area contributed by atoms with Gasteiger partial charge in [-0.1, -0.05) is 12.1 Å². The molecular formula is C18H23N3O3. The third kappa shape index (κ3) is 3.59. The van der Waals surface area contributed by atoms with E-state index in [0.29, 0.717) is 11.8 Å². The number of hydrogen-bond acceptors (Lipinski definition) is 6. The highest BCUT2D eigenvalue weighted by molar-refractivity contribution is 5.36. The van der Waals surface area contributed by atoms with E-state index in [9.17, 15) is 0 Å². The lowest BCUT2D eigenvalue weighted by Crippen LogP contribution is -2.40. The van der Waals surface area contributed by atoms with Crippen molar-refractivity contribution < 1.29 is 14.2 Å². The molecule has 0 radical (unpaired) electrons. The van der Waals surface area contributed by atoms with E-state index in [2.05, 4.69) is 27.4 Å². The van der Waals surface area contributed by atoms with Gasteiger partial charge in [-0.25, -0.2) is 4.98 Å². The number of nitrogens with zero attached hydrogens (tertiary/aromatic N) is 2. The van der Waals surface area contributed by atoms with E-state index in [4.69, 9.17) is 14.2 Å². The second-order valence-corrected chi connectivity index (χ2v) is 5.90. The fourth-order valence-electron chi connectivity index (χ4n) is 3.06. The van der Waals surface area contributed by atoms with Crippen molar-refractivity contribution in [3.05, 3.63) is 42.1 Å². The molecule has 0 aliphatic carbocycles. The first-order valence-electron chi connectivity index (χ1n) is 8.09. The quantitative estimate of drug-likeness (QED) is 0.879. The molecule has 0 bridgehead atoms. The zero-order chi connectivity index (χ0) is 16.8. The molecule has 1 aliphatic rings. The molecule has 1 saturated heterocycles. The molecule has 2 heterocycles. The Morgan fingerprint density at radius 1 is 1.08 bits per heavy atom. The van der Waals surface area contributed by atoms with E-state index in [1.165, 1.54) is 5.56 Å². The monoisotopic (exact) mass is 329 g/mol. The summed E-state index contributed by atoms with van der Waals surface area (Å²) in [6.45, 7) is 2.26. The van der Waals surface area contributed by atoms with Crippen LogP contribution in [0.3, 0.4) is 0 Å². The first-order valence-corrected chi connectivity index (χ1v) is 8.09. The van der Waals surface area contributed by atoms with Gasteiger partial charge in [0.1, 0.15) is 5.75 Å². The van der Waals surface area contributed by atoms with Crippen molar-refractivity contribution in [2.45, 2.75) is 18.3 Å². The van der Waals surface area contributed by atoms with Gasteiger partial charge in [0, 0.05) is 37.4 Å². The third-order valence-corrected chi connectivity index (χ3v) is 4.58. The topological polar surface area (TPSA) is 65.5 Å². The van der Waals surface area contributed by atoms with E-state index in [1.54, 1.807) is 26.5 Å². The number of ether oxygens (including phenoxy) is 3. The summed E-state index contributed by atoms with van der Waals surface area (Å²) >= 11 is 0. The molecule has 6 nitrogen and oxygen atoms in total. The molecule has 6 heteroatoms. The summed E-state index contributed by atoms with van der Waals surface area (Å²) in [6, 6.07) is 10.0. The molecule has 0 amide bonds. The van der Waals surface area contributed by atoms with Crippen molar-refractivity contribution in [3.8, 4) is 11.6 Å². The van der Waals surface area contributed by atoms with Crippen LogP contribution in [-0.4, -0.2) is 43.9 Å². The van der Waals surface area contributed by atoms with Crippen molar-refractivity contribution >= 4 is 5.95 Å². The van der Waals surface area contributed by atoms with E-state index in [0.717, 1.165) is 38.3 Å². The zero-order valence-corrected chi connectivity index (χ0v) is 14.1. The van der Waals surface area contributed by atoms with Crippen molar-refractivity contribution in [2.24, 2.45) is 0 Å². The number of anilines is 1. The molecule has 1 fully saturated rings. The van der Waals surface area contributed by atoms with Crippen molar-refractivity contribution in [2.75, 3.05) is 39.3 Å². The van der Waals surface area contributed by atoms with Crippen LogP contribution < -0.4 is 14.8 Å². The molecule has 1 aromatic heterocycles. The Bertz CT molecular complexity index is 655. The molecule has 0 saturated carbocycles. The van der Waals surface area contributed by atoms with E-state index >= 15 is 0 Å². The molecule has 1 N–H and O–H groups in total. The Morgan fingerprint density at radius 2 is 1.83 bits per heavy atom. The first kappa shape index (κ1) is 16.5. The lowest BCUT2D eigenvalue weighted by Gasteiger charge is -2.38. The number of hydrogen-bond donors (Lipinski definition) is 1. The van der Waals surface area contributed by atoms with Crippen molar-refractivity contribution in [1.82, 2.24) is 9.97 Å². The number of methoxy groups -OCH3 is 2. The Labute approximate surface area is 142 Å². The third-order valence-electron chi connectivity index (χ3n) is 4.58. The Hall–Kier alpha value is -2.34. The maximum atomic E-state index is 5.58. The van der Waals surface area contributed by atoms with Gasteiger partial charge in [-0.05, 0) is 30.5 Å². The summed E-state index contributed by atoms with van der Waals surface area (Å²) in [7, 11) is 3.28. The minimum Gasteiger partial charge on any atom is -0.497 e. The standard InChI is InChI=1S/C18H23N3O3/c1-22-15-5-3-14(4-6-15)18(8-11-24-12-9-18)13-20-17-19-10-7-16(21-17)23-2/h3-7,10H,8-9,11-13H2,1-2H3,(H,19,20,21). The van der Waals surface area contributed by atoms with Gasteiger partial charge in [-0.15, -0.1) is 0 Å². The normalized spacial score (nSPS) is 16.4. The Kier molecular flexibility index (Phi) is 5.15. The van der Waals surface area contributed by atoms with Gasteiger partial charge in [0.05, 0.1) is 14.2 Å². The van der Waals surface area contributed by atoms with Crippen LogP contribution in [0.1, 0.15) is 18.4 Å². The SMILES string of the molecule is COc1ccc(C2(CNc3nccc(OC)n3)CCOCC2)cc1. The average Bonchev–Trinajstić information content (AvgIpc) is 2.67. The van der Waals surface area contributed by atoms with Crippen LogP contribution in [0.5, 0.6) is 11.6 Å². The van der Waals surface area contributed by atoms with Crippen LogP contribution in [0.4, 0.5) is 5.95 Å². The fourth-order valence-corrected chi connectivity index (χ4v) is 3.06. The molecule has 0 atom stereocenters. The van der Waals surface area contributed by atoms with Crippen LogP contribution >= 0.6 is 0 Å². The van der Waals surface area contributed by atoms with Gasteiger partial charge < -0.3 is 19.5 Å². The number of rotatable bonds is 6. The molecule has 2 aromatic rings. The largest absolute Gasteiger partial charge is 0.497 e. The van der Waals surface area contributed by atoms with Gasteiger partial charge in [0.25, 0.3) is 0 Å². The number of nitrogens with one attached hydrogen (secondary N) is 1. The highest BCUT2D eigenvalue weighted by Gasteiger charge is 2.34. The maximum Gasteiger partial charge on any atom is 0.225 e. The second kappa shape index (κ2) is 7.49. The second-order valence-electron chi connectivity index (χ2n) is 5.90. The molecule has 0 unspecified atom stereocenters. The van der Waals surface area contributed by atoms with Gasteiger partial charge in [-0.2, -0.15) is 4.98 Å². The minimum atomic E-state index is -0.00302. The van der Waals surface area contributed by atoms with E-state index in [1.807, 2.05) is 12.1 Å². The predicted molar refractivity (Wildman–Crippen MR) is 91.8 cm³/mol. The van der Waals surface area contributed by atoms with Gasteiger partial charge >= 0.3 is 0 Å². The van der Waals surface area contributed by atoms with Crippen molar-refractivity contribution in [1.29, 1.82) is 0 Å². The summed E-state index contributed by atoms with van der Waals surface area (Å²) in [5.74, 6) is 2.00. The fraction of sp³-hybridized carbons (Fsp3) is 0.444. The van der Waals surface area contributed by atoms with Crippen LogP contribution in [0.15, 0.2) is 36.5 Å². The van der Waals surface area contributed by atoms with Gasteiger partial charge in [0.2, 0.25) is 11.8 Å². The first-order chi connectivity index (χ1) is 11.8. The molecule has 1 aromatic carbocycles. The molecule has 3 rings (SSSR count). The minimum absolute atomic E-state index is 0.00302. The molecule has 24 heavy (non-hydrogen) atoms. The summed E-state index contributed by atoms with van der Waals surface area (Å²) < 4.78 is 16.0. The summed E-state index contributed by atoms with van der Waals surface area (Å²) in [6.07, 6.45) is 3.60. The molecule has 0 spiro atoms. The molecule has 128 valence electrons. The Balaban J connectivity index is 1.79. The summed E-state index contributed by atoms with van der Waals surface area (Å²) in [4.78, 5) is 8.60. The van der Waals surface area contributed by atoms with E-state index < -0.39 is 0 Å². The van der Waals surface area contributed by atoms with Crippen molar-refractivity contribution in [3.63, 3.8) is 0 Å². The lowest BCUT2D eigenvalue weighted by atomic mass is 9.74. The van der Waals surface area contributed by atoms with Crippen LogP contribution in [0.25, 0.3) is 0 Å². The highest BCUT2D eigenvalue weighted by atomic mass is 16.5. The smallest absolute Gasteiger partial charge is 0.225 e. The summed E-state index contributed by atoms with van der Waals surface area (Å²) in [5.41, 5.74) is 1.28. The zero-order valence-electron chi connectivity index (χ0n) is 14.1. The van der Waals surface area contributed by atoms with Gasteiger partial charge in [0.15, 0.2) is 0 Å². The predicted octanol–water partition coefficient (Wildman–Crippen LogP) is 2.65. The van der Waals surface area contributed by atoms with E-state index in [-0.39, 0.29) is 5.41 Å².